The maximum atomic E-state index is 12.5. The van der Waals surface area contributed by atoms with E-state index in [0.717, 1.165) is 24.1 Å². The molecule has 170 valence electrons. The van der Waals surface area contributed by atoms with Crippen molar-refractivity contribution in [1.29, 1.82) is 0 Å². The second-order valence-electron chi connectivity index (χ2n) is 9.23. The van der Waals surface area contributed by atoms with Crippen LogP contribution in [-0.2, 0) is 25.7 Å². The Balaban J connectivity index is 1.43. The van der Waals surface area contributed by atoms with E-state index < -0.39 is 11.9 Å². The summed E-state index contributed by atoms with van der Waals surface area (Å²) in [6.07, 6.45) is 3.49. The van der Waals surface area contributed by atoms with E-state index in [2.05, 4.69) is 19.2 Å². The highest BCUT2D eigenvalue weighted by molar-refractivity contribution is 5.88. The van der Waals surface area contributed by atoms with Gasteiger partial charge in [0.25, 0.3) is 5.91 Å². The maximum Gasteiger partial charge on any atom is 0.311 e. The van der Waals surface area contributed by atoms with Crippen LogP contribution in [0.4, 0.5) is 5.69 Å². The van der Waals surface area contributed by atoms with Gasteiger partial charge in [0.05, 0.1) is 5.92 Å². The van der Waals surface area contributed by atoms with Crippen molar-refractivity contribution < 1.29 is 19.1 Å². The van der Waals surface area contributed by atoms with Crippen LogP contribution >= 0.6 is 0 Å². The fourth-order valence-electron chi connectivity index (χ4n) is 4.62. The normalized spacial score (nSPS) is 25.9. The zero-order chi connectivity index (χ0) is 22.5. The Bertz CT molecular complexity index is 793. The number of amides is 2. The van der Waals surface area contributed by atoms with Crippen LogP contribution in [0, 0.1) is 17.8 Å². The third kappa shape index (κ3) is 5.77. The molecule has 1 aliphatic heterocycles. The number of rotatable bonds is 7. The summed E-state index contributed by atoms with van der Waals surface area (Å²) < 4.78 is 5.22. The molecule has 1 aliphatic carbocycles. The zero-order valence-electron chi connectivity index (χ0n) is 19.1. The van der Waals surface area contributed by atoms with Gasteiger partial charge in [-0.1, -0.05) is 38.8 Å². The topological polar surface area (TPSA) is 79.0 Å². The minimum absolute atomic E-state index is 0.0264. The van der Waals surface area contributed by atoms with E-state index in [-0.39, 0.29) is 30.9 Å². The lowest BCUT2D eigenvalue weighted by Gasteiger charge is -2.39. The lowest BCUT2D eigenvalue weighted by molar-refractivity contribution is -0.152. The van der Waals surface area contributed by atoms with Gasteiger partial charge in [0.1, 0.15) is 0 Å². The van der Waals surface area contributed by atoms with E-state index >= 15 is 0 Å². The molecule has 3 rings (SSSR count). The highest BCUT2D eigenvalue weighted by Gasteiger charge is 2.42. The number of anilines is 1. The van der Waals surface area contributed by atoms with Crippen molar-refractivity contribution in [3.63, 3.8) is 0 Å². The second kappa shape index (κ2) is 10.2. The van der Waals surface area contributed by atoms with Crippen LogP contribution < -0.4 is 10.2 Å². The number of nitrogens with one attached hydrogen (secondary N) is 1. The van der Waals surface area contributed by atoms with Crippen LogP contribution in [0.5, 0.6) is 0 Å². The van der Waals surface area contributed by atoms with Crippen LogP contribution in [0.3, 0.4) is 0 Å². The molecule has 0 bridgehead atoms. The molecule has 2 aliphatic rings. The van der Waals surface area contributed by atoms with E-state index in [1.54, 1.807) is 0 Å². The van der Waals surface area contributed by atoms with Gasteiger partial charge in [-0.25, -0.2) is 0 Å². The van der Waals surface area contributed by atoms with Crippen LogP contribution in [0.2, 0.25) is 0 Å². The van der Waals surface area contributed by atoms with Gasteiger partial charge in [0.15, 0.2) is 6.61 Å². The largest absolute Gasteiger partial charge is 0.455 e. The predicted molar refractivity (Wildman–Crippen MR) is 119 cm³/mol. The Hall–Kier alpha value is -2.57. The molecule has 31 heavy (non-hydrogen) atoms. The summed E-state index contributed by atoms with van der Waals surface area (Å²) in [7, 11) is 3.94. The number of likely N-dealkylation sites (tertiary alicyclic amines) is 1. The van der Waals surface area contributed by atoms with E-state index in [1.807, 2.05) is 48.2 Å². The second-order valence-corrected chi connectivity index (χ2v) is 9.23. The fraction of sp³-hybridized carbons (Fsp3) is 0.625. The van der Waals surface area contributed by atoms with Gasteiger partial charge in [0.2, 0.25) is 5.91 Å². The number of carbonyl (C=O) groups is 3. The Morgan fingerprint density at radius 1 is 1.16 bits per heavy atom. The fourth-order valence-corrected chi connectivity index (χ4v) is 4.62. The summed E-state index contributed by atoms with van der Waals surface area (Å²) in [5.74, 6) is -0.244. The van der Waals surface area contributed by atoms with E-state index in [0.29, 0.717) is 24.9 Å². The summed E-state index contributed by atoms with van der Waals surface area (Å²) >= 11 is 0. The summed E-state index contributed by atoms with van der Waals surface area (Å²) in [6.45, 7) is 4.89. The van der Waals surface area contributed by atoms with Crippen molar-refractivity contribution in [3.05, 3.63) is 29.8 Å². The average Bonchev–Trinajstić information content (AvgIpc) is 3.14. The third-order valence-corrected chi connectivity index (χ3v) is 6.84. The molecule has 1 saturated carbocycles. The Kier molecular flexibility index (Phi) is 7.57. The van der Waals surface area contributed by atoms with Crippen LogP contribution in [-0.4, -0.2) is 56.0 Å². The minimum Gasteiger partial charge on any atom is -0.455 e. The lowest BCUT2D eigenvalue weighted by Crippen LogP contribution is -2.45. The summed E-state index contributed by atoms with van der Waals surface area (Å²) in [5, 5.41) is 2.77. The summed E-state index contributed by atoms with van der Waals surface area (Å²) in [6, 6.07) is 8.08. The number of esters is 1. The molecule has 2 amide bonds. The standard InChI is InChI=1S/C24H35N3O4/c1-16-6-5-7-21(17(16)2)27-14-19(12-23(27)29)24(30)31-15-22(28)25-13-18-8-10-20(11-9-18)26(3)4/h8-11,16-17,19,21H,5-7,12-15H2,1-4H3,(H,25,28)/t16-,17-,19-,21+/m1/s1. The SMILES string of the molecule is C[C@@H]1[C@H](C)CCC[C@@H]1N1C[C@H](C(=O)OCC(=O)NCc2ccc(N(C)C)cc2)CC1=O. The molecule has 0 spiro atoms. The Morgan fingerprint density at radius 3 is 2.55 bits per heavy atom. The van der Waals surface area contributed by atoms with Crippen LogP contribution in [0.1, 0.15) is 45.1 Å². The van der Waals surface area contributed by atoms with Gasteiger partial charge in [0, 0.05) is 45.3 Å². The molecule has 1 aromatic carbocycles. The molecular formula is C24H35N3O4. The van der Waals surface area contributed by atoms with Crippen molar-refractivity contribution in [1.82, 2.24) is 10.2 Å². The first-order valence-corrected chi connectivity index (χ1v) is 11.2. The number of carbonyl (C=O) groups excluding carboxylic acids is 3. The van der Waals surface area contributed by atoms with Gasteiger partial charge in [-0.05, 0) is 36.0 Å². The summed E-state index contributed by atoms with van der Waals surface area (Å²) in [4.78, 5) is 41.0. The lowest BCUT2D eigenvalue weighted by atomic mass is 9.77. The van der Waals surface area contributed by atoms with Crippen molar-refractivity contribution in [2.45, 2.75) is 52.1 Å². The molecule has 1 saturated heterocycles. The molecule has 1 aromatic rings. The molecule has 4 atom stereocenters. The van der Waals surface area contributed by atoms with Gasteiger partial charge in [-0.3, -0.25) is 14.4 Å². The first-order valence-electron chi connectivity index (χ1n) is 11.2. The number of nitrogens with zero attached hydrogens (tertiary/aromatic N) is 2. The first-order chi connectivity index (χ1) is 14.8. The molecule has 0 aromatic heterocycles. The predicted octanol–water partition coefficient (Wildman–Crippen LogP) is 2.59. The molecule has 1 heterocycles. The summed E-state index contributed by atoms with van der Waals surface area (Å²) in [5.41, 5.74) is 2.05. The highest BCUT2D eigenvalue weighted by atomic mass is 16.5. The number of benzene rings is 1. The Morgan fingerprint density at radius 2 is 1.87 bits per heavy atom. The van der Waals surface area contributed by atoms with Crippen molar-refractivity contribution in [2.24, 2.45) is 17.8 Å². The van der Waals surface area contributed by atoms with Gasteiger partial charge in [-0.2, -0.15) is 0 Å². The molecule has 7 heteroatoms. The van der Waals surface area contributed by atoms with Crippen LogP contribution in [0.25, 0.3) is 0 Å². The smallest absolute Gasteiger partial charge is 0.311 e. The maximum absolute atomic E-state index is 12.5. The van der Waals surface area contributed by atoms with E-state index in [4.69, 9.17) is 4.74 Å². The first kappa shape index (κ1) is 23.1. The van der Waals surface area contributed by atoms with Crippen molar-refractivity contribution in [2.75, 3.05) is 32.1 Å². The van der Waals surface area contributed by atoms with E-state index in [1.165, 1.54) is 6.42 Å². The molecule has 1 N–H and O–H groups in total. The van der Waals surface area contributed by atoms with Gasteiger partial charge in [-0.15, -0.1) is 0 Å². The minimum atomic E-state index is -0.483. The Labute approximate surface area is 185 Å². The number of hydrogen-bond acceptors (Lipinski definition) is 5. The molecule has 0 radical (unpaired) electrons. The monoisotopic (exact) mass is 429 g/mol. The molecule has 0 unspecified atom stereocenters. The quantitative estimate of drug-likeness (QED) is 0.674. The van der Waals surface area contributed by atoms with Gasteiger partial charge < -0.3 is 19.9 Å². The molecular weight excluding hydrogens is 394 g/mol. The molecule has 7 nitrogen and oxygen atoms in total. The number of ether oxygens (including phenoxy) is 1. The van der Waals surface area contributed by atoms with E-state index in [9.17, 15) is 14.4 Å². The van der Waals surface area contributed by atoms with Crippen LogP contribution in [0.15, 0.2) is 24.3 Å². The van der Waals surface area contributed by atoms with Crippen molar-refractivity contribution in [3.8, 4) is 0 Å². The van der Waals surface area contributed by atoms with Crippen molar-refractivity contribution >= 4 is 23.5 Å². The number of hydrogen-bond donors (Lipinski definition) is 1. The highest BCUT2D eigenvalue weighted by Crippen LogP contribution is 2.35. The average molecular weight is 430 g/mol. The van der Waals surface area contributed by atoms with Gasteiger partial charge >= 0.3 is 5.97 Å². The third-order valence-electron chi connectivity index (χ3n) is 6.84. The molecule has 2 fully saturated rings. The zero-order valence-corrected chi connectivity index (χ0v) is 19.1.